The lowest BCUT2D eigenvalue weighted by Gasteiger charge is -2.38. The summed E-state index contributed by atoms with van der Waals surface area (Å²) in [5.74, 6) is 0.884. The van der Waals surface area contributed by atoms with Crippen LogP contribution in [0.1, 0.15) is 18.4 Å². The predicted molar refractivity (Wildman–Crippen MR) is 121 cm³/mol. The van der Waals surface area contributed by atoms with Crippen LogP contribution in [0.4, 0.5) is 0 Å². The molecule has 1 aliphatic carbocycles. The molecule has 0 radical (unpaired) electrons. The van der Waals surface area contributed by atoms with Crippen molar-refractivity contribution in [3.8, 4) is 0 Å². The molecule has 1 aromatic carbocycles. The maximum Gasteiger partial charge on any atom is 0.191 e. The Morgan fingerprint density at radius 3 is 2.69 bits per heavy atom. The van der Waals surface area contributed by atoms with E-state index in [4.69, 9.17) is 11.6 Å². The maximum absolute atomic E-state index is 6.16. The lowest BCUT2D eigenvalue weighted by atomic mass is 9.96. The van der Waals surface area contributed by atoms with Crippen molar-refractivity contribution in [1.82, 2.24) is 20.4 Å². The van der Waals surface area contributed by atoms with E-state index < -0.39 is 0 Å². The Labute approximate surface area is 179 Å². The minimum absolute atomic E-state index is 0. The summed E-state index contributed by atoms with van der Waals surface area (Å²) in [6.07, 6.45) is 2.40. The Kier molecular flexibility index (Phi) is 8.00. The highest BCUT2D eigenvalue weighted by molar-refractivity contribution is 14.0. The van der Waals surface area contributed by atoms with Crippen molar-refractivity contribution in [2.24, 2.45) is 4.99 Å². The number of halogens is 2. The van der Waals surface area contributed by atoms with E-state index in [0.29, 0.717) is 6.04 Å². The summed E-state index contributed by atoms with van der Waals surface area (Å²) in [6.45, 7) is 5.15. The van der Waals surface area contributed by atoms with Crippen molar-refractivity contribution in [2.45, 2.75) is 24.3 Å². The normalized spacial score (nSPS) is 23.2. The zero-order valence-corrected chi connectivity index (χ0v) is 19.1. The molecule has 3 rings (SSSR count). The number of likely N-dealkylation sites (N-methyl/N-ethyl adjacent to an activating group) is 2. The molecule has 2 N–H and O–H groups in total. The Balaban J connectivity index is 0.00000243. The Hall–Kier alpha value is -0.570. The van der Waals surface area contributed by atoms with E-state index in [1.54, 1.807) is 0 Å². The molecule has 1 saturated heterocycles. The number of hydrogen-bond acceptors (Lipinski definition) is 3. The summed E-state index contributed by atoms with van der Waals surface area (Å²) in [5, 5.41) is 7.83. The molecule has 0 aromatic heterocycles. The van der Waals surface area contributed by atoms with Crippen molar-refractivity contribution < 1.29 is 0 Å². The van der Waals surface area contributed by atoms with E-state index in [2.05, 4.69) is 51.7 Å². The van der Waals surface area contributed by atoms with Crippen molar-refractivity contribution in [1.29, 1.82) is 0 Å². The van der Waals surface area contributed by atoms with Crippen LogP contribution < -0.4 is 10.6 Å². The van der Waals surface area contributed by atoms with Gasteiger partial charge in [-0.1, -0.05) is 23.7 Å². The smallest absolute Gasteiger partial charge is 0.191 e. The number of rotatable bonds is 5. The Morgan fingerprint density at radius 2 is 2.04 bits per heavy atom. The van der Waals surface area contributed by atoms with E-state index in [9.17, 15) is 0 Å². The van der Waals surface area contributed by atoms with Crippen LogP contribution in [-0.2, 0) is 5.41 Å². The van der Waals surface area contributed by atoms with Gasteiger partial charge in [0.1, 0.15) is 0 Å². The summed E-state index contributed by atoms with van der Waals surface area (Å²) < 4.78 is 0. The van der Waals surface area contributed by atoms with Gasteiger partial charge in [-0.2, -0.15) is 0 Å². The van der Waals surface area contributed by atoms with E-state index in [0.717, 1.165) is 43.7 Å². The van der Waals surface area contributed by atoms with Crippen LogP contribution in [0, 0.1) is 0 Å². The summed E-state index contributed by atoms with van der Waals surface area (Å²) in [5.41, 5.74) is 1.54. The van der Waals surface area contributed by atoms with Gasteiger partial charge in [0.25, 0.3) is 0 Å². The molecule has 0 amide bonds. The monoisotopic (exact) mass is 491 g/mol. The topological polar surface area (TPSA) is 42.9 Å². The van der Waals surface area contributed by atoms with Crippen molar-refractivity contribution in [3.63, 3.8) is 0 Å². The minimum Gasteiger partial charge on any atom is -0.356 e. The summed E-state index contributed by atoms with van der Waals surface area (Å²) >= 11 is 6.16. The third kappa shape index (κ3) is 5.47. The lowest BCUT2D eigenvalue weighted by Crippen LogP contribution is -2.55. The molecule has 1 aliphatic heterocycles. The van der Waals surface area contributed by atoms with Crippen molar-refractivity contribution in [3.05, 3.63) is 34.9 Å². The fraction of sp³-hybridized carbons (Fsp3) is 0.632. The molecule has 1 aromatic rings. The standard InChI is InChI=1S/C19H30ClN5.HI/c1-21-18(22-12-17-13-24(2)9-10-25(17)3)23-14-19(7-8-19)15-5-4-6-16(20)11-15;/h4-6,11,17H,7-10,12-14H2,1-3H3,(H2,21,22,23);1H. The largest absolute Gasteiger partial charge is 0.356 e. The van der Waals surface area contributed by atoms with Crippen LogP contribution in [0.5, 0.6) is 0 Å². The molecule has 7 heteroatoms. The second-order valence-electron chi connectivity index (χ2n) is 7.49. The van der Waals surface area contributed by atoms with Crippen molar-refractivity contribution in [2.75, 3.05) is 53.9 Å². The number of aliphatic imine (C=N–C) groups is 1. The zero-order chi connectivity index (χ0) is 17.9. The molecule has 0 bridgehead atoms. The number of hydrogen-bond donors (Lipinski definition) is 2. The van der Waals surface area contributed by atoms with Crippen LogP contribution in [0.3, 0.4) is 0 Å². The Morgan fingerprint density at radius 1 is 1.27 bits per heavy atom. The first kappa shape index (κ1) is 21.7. The molecular formula is C19H31ClIN5. The minimum atomic E-state index is 0. The van der Waals surface area contributed by atoms with E-state index in [1.807, 2.05) is 19.2 Å². The number of guanidine groups is 1. The van der Waals surface area contributed by atoms with Crippen LogP contribution in [0.2, 0.25) is 5.02 Å². The maximum atomic E-state index is 6.16. The summed E-state index contributed by atoms with van der Waals surface area (Å²) in [4.78, 5) is 9.21. The molecule has 1 heterocycles. The molecule has 2 aliphatic rings. The van der Waals surface area contributed by atoms with E-state index in [-0.39, 0.29) is 29.4 Å². The average molecular weight is 492 g/mol. The molecule has 2 fully saturated rings. The van der Waals surface area contributed by atoms with Gasteiger partial charge < -0.3 is 15.5 Å². The fourth-order valence-electron chi connectivity index (χ4n) is 3.55. The Bertz CT molecular complexity index is 620. The van der Waals surface area contributed by atoms with Gasteiger partial charge in [-0.15, -0.1) is 24.0 Å². The van der Waals surface area contributed by atoms with Gasteiger partial charge in [0.05, 0.1) is 0 Å². The highest BCUT2D eigenvalue weighted by Crippen LogP contribution is 2.48. The first-order valence-electron chi connectivity index (χ1n) is 9.12. The van der Waals surface area contributed by atoms with Crippen LogP contribution in [-0.4, -0.2) is 75.7 Å². The second-order valence-corrected chi connectivity index (χ2v) is 7.93. The average Bonchev–Trinajstić information content (AvgIpc) is 3.39. The fourth-order valence-corrected chi connectivity index (χ4v) is 3.74. The van der Waals surface area contributed by atoms with Crippen LogP contribution in [0.25, 0.3) is 0 Å². The molecule has 1 unspecified atom stereocenters. The van der Waals surface area contributed by atoms with Gasteiger partial charge in [0.2, 0.25) is 0 Å². The summed E-state index contributed by atoms with van der Waals surface area (Å²) in [7, 11) is 6.23. The van der Waals surface area contributed by atoms with Gasteiger partial charge in [-0.3, -0.25) is 9.89 Å². The van der Waals surface area contributed by atoms with E-state index >= 15 is 0 Å². The van der Waals surface area contributed by atoms with Gasteiger partial charge >= 0.3 is 0 Å². The third-order valence-electron chi connectivity index (χ3n) is 5.59. The third-order valence-corrected chi connectivity index (χ3v) is 5.83. The quantitative estimate of drug-likeness (QED) is 0.377. The number of nitrogens with one attached hydrogen (secondary N) is 2. The summed E-state index contributed by atoms with van der Waals surface area (Å²) in [6, 6.07) is 8.77. The van der Waals surface area contributed by atoms with Gasteiger partial charge in [0.15, 0.2) is 5.96 Å². The molecule has 146 valence electrons. The van der Waals surface area contributed by atoms with Gasteiger partial charge in [0, 0.05) is 56.3 Å². The second kappa shape index (κ2) is 9.57. The highest BCUT2D eigenvalue weighted by Gasteiger charge is 2.44. The van der Waals surface area contributed by atoms with E-state index in [1.165, 1.54) is 18.4 Å². The van der Waals surface area contributed by atoms with Gasteiger partial charge in [-0.25, -0.2) is 0 Å². The molecule has 26 heavy (non-hydrogen) atoms. The molecule has 5 nitrogen and oxygen atoms in total. The van der Waals surface area contributed by atoms with Crippen molar-refractivity contribution >= 4 is 41.5 Å². The molecule has 1 atom stereocenters. The molecule has 1 saturated carbocycles. The van der Waals surface area contributed by atoms with Crippen LogP contribution >= 0.6 is 35.6 Å². The zero-order valence-electron chi connectivity index (χ0n) is 16.0. The lowest BCUT2D eigenvalue weighted by molar-refractivity contribution is 0.116. The number of benzene rings is 1. The predicted octanol–water partition coefficient (Wildman–Crippen LogP) is 2.40. The molecule has 0 spiro atoms. The number of nitrogens with zero attached hydrogens (tertiary/aromatic N) is 3. The number of piperazine rings is 1. The van der Waals surface area contributed by atoms with Crippen LogP contribution in [0.15, 0.2) is 29.3 Å². The highest BCUT2D eigenvalue weighted by atomic mass is 127. The first-order valence-corrected chi connectivity index (χ1v) is 9.49. The first-order chi connectivity index (χ1) is 12.0. The SMILES string of the molecule is CN=C(NCC1CN(C)CCN1C)NCC1(c2cccc(Cl)c2)CC1.I. The molecular weight excluding hydrogens is 461 g/mol. The van der Waals surface area contributed by atoms with Gasteiger partial charge in [-0.05, 0) is 44.6 Å².